The van der Waals surface area contributed by atoms with Crippen molar-refractivity contribution in [3.63, 3.8) is 0 Å². The zero-order valence-electron chi connectivity index (χ0n) is 14.3. The fourth-order valence-electron chi connectivity index (χ4n) is 3.75. The highest BCUT2D eigenvalue weighted by Crippen LogP contribution is 2.57. The molecule has 2 aromatic carbocycles. The van der Waals surface area contributed by atoms with Gasteiger partial charge in [0.2, 0.25) is 0 Å². The van der Waals surface area contributed by atoms with E-state index in [2.05, 4.69) is 56.3 Å². The van der Waals surface area contributed by atoms with Crippen molar-refractivity contribution in [2.75, 3.05) is 0 Å². The van der Waals surface area contributed by atoms with Crippen LogP contribution in [0.25, 0.3) is 0 Å². The highest BCUT2D eigenvalue weighted by Gasteiger charge is 2.35. The van der Waals surface area contributed by atoms with Gasteiger partial charge in [0.25, 0.3) is 0 Å². The van der Waals surface area contributed by atoms with Gasteiger partial charge in [0, 0.05) is 17.1 Å². The zero-order chi connectivity index (χ0) is 16.3. The summed E-state index contributed by atoms with van der Waals surface area (Å²) in [5.41, 5.74) is 4.11. The first-order valence-corrected chi connectivity index (χ1v) is 10.8. The third-order valence-corrected chi connectivity index (χ3v) is 9.04. The predicted octanol–water partition coefficient (Wildman–Crippen LogP) is 5.82. The van der Waals surface area contributed by atoms with E-state index >= 15 is 0 Å². The lowest BCUT2D eigenvalue weighted by molar-refractivity contribution is 0.486. The van der Waals surface area contributed by atoms with Crippen LogP contribution in [-0.4, -0.2) is 5.66 Å². The minimum Gasteiger partial charge on any atom is -0.318 e. The quantitative estimate of drug-likeness (QED) is 0.647. The molecule has 3 rings (SSSR count). The molecule has 1 nitrogen and oxygen atoms in total. The average molecular weight is 326 g/mol. The van der Waals surface area contributed by atoms with Crippen LogP contribution in [-0.2, 0) is 10.7 Å². The van der Waals surface area contributed by atoms with Crippen molar-refractivity contribution in [3.8, 4) is 0 Å². The topological polar surface area (TPSA) is 17.1 Å². The van der Waals surface area contributed by atoms with Gasteiger partial charge in [-0.05, 0) is 49.4 Å². The molecule has 1 aliphatic carbocycles. The van der Waals surface area contributed by atoms with Gasteiger partial charge in [0.1, 0.15) is 7.14 Å². The van der Waals surface area contributed by atoms with Gasteiger partial charge >= 0.3 is 0 Å². The lowest BCUT2D eigenvalue weighted by Crippen LogP contribution is -2.22. The Hall–Kier alpha value is -1.33. The summed E-state index contributed by atoms with van der Waals surface area (Å²) in [6.07, 6.45) is 6.71. The van der Waals surface area contributed by atoms with Gasteiger partial charge < -0.3 is 4.57 Å². The maximum Gasteiger partial charge on any atom is 0.122 e. The molecule has 0 spiro atoms. The largest absolute Gasteiger partial charge is 0.318 e. The van der Waals surface area contributed by atoms with Crippen LogP contribution in [0.1, 0.15) is 48.8 Å². The van der Waals surface area contributed by atoms with E-state index in [1.807, 2.05) is 6.07 Å². The fraction of sp³-hybridized carbons (Fsp3) is 0.429. The van der Waals surface area contributed by atoms with Crippen LogP contribution in [0.3, 0.4) is 0 Å². The van der Waals surface area contributed by atoms with Gasteiger partial charge in [-0.15, -0.1) is 0 Å². The van der Waals surface area contributed by atoms with Crippen LogP contribution in [0, 0.1) is 13.8 Å². The summed E-state index contributed by atoms with van der Waals surface area (Å²) in [5.74, 6) is 0. The van der Waals surface area contributed by atoms with Crippen LogP contribution in [0.4, 0.5) is 0 Å². The van der Waals surface area contributed by atoms with E-state index in [0.29, 0.717) is 11.8 Å². The molecule has 1 fully saturated rings. The molecule has 0 saturated heterocycles. The van der Waals surface area contributed by atoms with E-state index in [0.717, 1.165) is 18.1 Å². The SMILES string of the molecule is Cc1ccc(P(=O)(Cc2ccccc2)C2CCCCC2)cc1C. The smallest absolute Gasteiger partial charge is 0.122 e. The molecule has 0 N–H and O–H groups in total. The Morgan fingerprint density at radius 3 is 2.26 bits per heavy atom. The molecule has 23 heavy (non-hydrogen) atoms. The van der Waals surface area contributed by atoms with Gasteiger partial charge in [0.15, 0.2) is 0 Å². The van der Waals surface area contributed by atoms with Crippen LogP contribution in [0.2, 0.25) is 0 Å². The number of aryl methyl sites for hydroxylation is 2. The van der Waals surface area contributed by atoms with Crippen molar-refractivity contribution >= 4 is 12.4 Å². The molecular formula is C21H27OP. The minimum absolute atomic E-state index is 0.360. The first-order chi connectivity index (χ1) is 11.1. The van der Waals surface area contributed by atoms with Gasteiger partial charge in [0.05, 0.1) is 0 Å². The monoisotopic (exact) mass is 326 g/mol. The normalized spacial score (nSPS) is 18.5. The molecule has 0 bridgehead atoms. The number of benzene rings is 2. The maximum atomic E-state index is 14.2. The van der Waals surface area contributed by atoms with E-state index < -0.39 is 7.14 Å². The van der Waals surface area contributed by atoms with E-state index in [1.165, 1.54) is 36.0 Å². The van der Waals surface area contributed by atoms with Crippen LogP contribution in [0.15, 0.2) is 48.5 Å². The Morgan fingerprint density at radius 1 is 0.913 bits per heavy atom. The molecule has 0 aromatic heterocycles. The number of hydrogen-bond donors (Lipinski definition) is 0. The second kappa shape index (κ2) is 7.05. The molecule has 1 aliphatic rings. The molecular weight excluding hydrogens is 299 g/mol. The first-order valence-electron chi connectivity index (χ1n) is 8.80. The molecule has 1 unspecified atom stereocenters. The highest BCUT2D eigenvalue weighted by atomic mass is 31.2. The van der Waals surface area contributed by atoms with Crippen molar-refractivity contribution in [2.24, 2.45) is 0 Å². The molecule has 0 heterocycles. The Bertz CT molecular complexity index is 699. The molecule has 0 radical (unpaired) electrons. The molecule has 1 saturated carbocycles. The molecule has 2 heteroatoms. The highest BCUT2D eigenvalue weighted by molar-refractivity contribution is 7.71. The van der Waals surface area contributed by atoms with Gasteiger partial charge in [-0.1, -0.05) is 61.7 Å². The molecule has 1 atom stereocenters. The van der Waals surface area contributed by atoms with Crippen LogP contribution in [0.5, 0.6) is 0 Å². The summed E-state index contributed by atoms with van der Waals surface area (Å²) in [5, 5.41) is 1.09. The summed E-state index contributed by atoms with van der Waals surface area (Å²) < 4.78 is 14.2. The molecule has 0 aliphatic heterocycles. The molecule has 2 aromatic rings. The summed E-state index contributed by atoms with van der Waals surface area (Å²) >= 11 is 0. The minimum atomic E-state index is -2.42. The Morgan fingerprint density at radius 2 is 1.61 bits per heavy atom. The van der Waals surface area contributed by atoms with Crippen molar-refractivity contribution in [2.45, 2.75) is 57.8 Å². The number of rotatable bonds is 4. The molecule has 0 amide bonds. The van der Waals surface area contributed by atoms with Gasteiger partial charge in [-0.2, -0.15) is 0 Å². The van der Waals surface area contributed by atoms with Crippen LogP contribution >= 0.6 is 7.14 Å². The predicted molar refractivity (Wildman–Crippen MR) is 100 cm³/mol. The second-order valence-electron chi connectivity index (χ2n) is 7.00. The lowest BCUT2D eigenvalue weighted by atomic mass is 10.0. The maximum absolute atomic E-state index is 14.2. The summed E-state index contributed by atoms with van der Waals surface area (Å²) in [6, 6.07) is 16.8. The van der Waals surface area contributed by atoms with Crippen molar-refractivity contribution in [1.82, 2.24) is 0 Å². The van der Waals surface area contributed by atoms with E-state index in [4.69, 9.17) is 0 Å². The third kappa shape index (κ3) is 3.61. The van der Waals surface area contributed by atoms with Crippen LogP contribution < -0.4 is 5.30 Å². The molecule has 122 valence electrons. The second-order valence-corrected chi connectivity index (χ2v) is 10.2. The Kier molecular flexibility index (Phi) is 5.07. The van der Waals surface area contributed by atoms with Gasteiger partial charge in [-0.3, -0.25) is 0 Å². The first kappa shape index (κ1) is 16.5. The summed E-state index contributed by atoms with van der Waals surface area (Å²) in [4.78, 5) is 0. The van der Waals surface area contributed by atoms with E-state index in [1.54, 1.807) is 0 Å². The zero-order valence-corrected chi connectivity index (χ0v) is 15.2. The van der Waals surface area contributed by atoms with Crippen molar-refractivity contribution in [1.29, 1.82) is 0 Å². The Labute approximate surface area is 140 Å². The van der Waals surface area contributed by atoms with E-state index in [9.17, 15) is 4.57 Å². The van der Waals surface area contributed by atoms with Gasteiger partial charge in [-0.25, -0.2) is 0 Å². The summed E-state index contributed by atoms with van der Waals surface area (Å²) in [7, 11) is -2.42. The Balaban J connectivity index is 2.01. The number of hydrogen-bond acceptors (Lipinski definition) is 1. The standard InChI is InChI=1S/C21H27OP/c1-17-13-14-21(15-18(17)2)23(22,20-11-7-4-8-12-20)16-19-9-5-3-6-10-19/h3,5-6,9-10,13-15,20H,4,7-8,11-12,16H2,1-2H3. The van der Waals surface area contributed by atoms with E-state index in [-0.39, 0.29) is 0 Å². The average Bonchev–Trinajstić information content (AvgIpc) is 2.59. The van der Waals surface area contributed by atoms with Crippen molar-refractivity contribution < 1.29 is 4.57 Å². The third-order valence-electron chi connectivity index (χ3n) is 5.35. The fourth-order valence-corrected chi connectivity index (χ4v) is 7.30. The summed E-state index contributed by atoms with van der Waals surface area (Å²) in [6.45, 7) is 4.26. The van der Waals surface area contributed by atoms with Crippen molar-refractivity contribution in [3.05, 3.63) is 65.2 Å². The lowest BCUT2D eigenvalue weighted by Gasteiger charge is -2.31.